The molecule has 1 saturated heterocycles. The first kappa shape index (κ1) is 15.7. The largest absolute Gasteiger partial charge is 0.329 e. The zero-order valence-corrected chi connectivity index (χ0v) is 12.9. The molecular weight excluding hydrogens is 277 g/mol. The quantitative estimate of drug-likeness (QED) is 0.927. The Bertz CT molecular complexity index is 424. The summed E-state index contributed by atoms with van der Waals surface area (Å²) in [4.78, 5) is 4.66. The summed E-state index contributed by atoms with van der Waals surface area (Å²) in [5, 5.41) is 0.465. The first-order chi connectivity index (χ1) is 9.54. The zero-order chi connectivity index (χ0) is 14.7. The molecule has 5 heteroatoms. The smallest absolute Gasteiger partial charge is 0.129 e. The highest BCUT2D eigenvalue weighted by Gasteiger charge is 2.28. The lowest BCUT2D eigenvalue weighted by Crippen LogP contribution is -2.51. The van der Waals surface area contributed by atoms with Crippen molar-refractivity contribution in [1.82, 2.24) is 9.80 Å². The molecule has 1 heterocycles. The summed E-state index contributed by atoms with van der Waals surface area (Å²) in [7, 11) is 0. The van der Waals surface area contributed by atoms with Crippen LogP contribution >= 0.6 is 11.6 Å². The lowest BCUT2D eigenvalue weighted by molar-refractivity contribution is 0.0791. The molecule has 2 rings (SSSR count). The van der Waals surface area contributed by atoms with Crippen molar-refractivity contribution < 1.29 is 4.39 Å². The molecule has 0 aliphatic carbocycles. The number of halogens is 2. The second kappa shape index (κ2) is 6.85. The van der Waals surface area contributed by atoms with Gasteiger partial charge in [-0.2, -0.15) is 0 Å². The number of nitrogens with zero attached hydrogens (tertiary/aromatic N) is 2. The maximum absolute atomic E-state index is 14.1. The van der Waals surface area contributed by atoms with E-state index in [0.29, 0.717) is 23.2 Å². The number of nitrogens with two attached hydrogens (primary N) is 1. The highest BCUT2D eigenvalue weighted by molar-refractivity contribution is 6.31. The van der Waals surface area contributed by atoms with E-state index >= 15 is 0 Å². The Morgan fingerprint density at radius 2 is 1.80 bits per heavy atom. The summed E-state index contributed by atoms with van der Waals surface area (Å²) in [6.45, 7) is 8.53. The maximum Gasteiger partial charge on any atom is 0.129 e. The molecule has 0 spiro atoms. The van der Waals surface area contributed by atoms with Crippen molar-refractivity contribution in [2.75, 3.05) is 32.7 Å². The predicted molar refractivity (Wildman–Crippen MR) is 81.5 cm³/mol. The van der Waals surface area contributed by atoms with Crippen LogP contribution in [0.15, 0.2) is 18.2 Å². The van der Waals surface area contributed by atoms with Crippen LogP contribution in [-0.4, -0.2) is 48.6 Å². The van der Waals surface area contributed by atoms with Crippen LogP contribution in [-0.2, 0) is 0 Å². The molecule has 0 saturated carbocycles. The Kier molecular flexibility index (Phi) is 5.38. The summed E-state index contributed by atoms with van der Waals surface area (Å²) in [5.41, 5.74) is 6.42. The lowest BCUT2D eigenvalue weighted by atomic mass is 10.0. The lowest BCUT2D eigenvalue weighted by Gasteiger charge is -2.40. The Hall–Kier alpha value is -0.680. The minimum atomic E-state index is -0.265. The number of hydrogen-bond acceptors (Lipinski definition) is 3. The zero-order valence-electron chi connectivity index (χ0n) is 12.1. The van der Waals surface area contributed by atoms with Crippen LogP contribution in [0, 0.1) is 5.82 Å². The Labute approximate surface area is 125 Å². The van der Waals surface area contributed by atoms with E-state index in [2.05, 4.69) is 23.6 Å². The van der Waals surface area contributed by atoms with Crippen molar-refractivity contribution >= 4 is 11.6 Å². The van der Waals surface area contributed by atoms with Gasteiger partial charge in [0.2, 0.25) is 0 Å². The summed E-state index contributed by atoms with van der Waals surface area (Å²) < 4.78 is 14.1. The molecule has 20 heavy (non-hydrogen) atoms. The van der Waals surface area contributed by atoms with Gasteiger partial charge >= 0.3 is 0 Å². The second-order valence-corrected chi connectivity index (χ2v) is 5.96. The topological polar surface area (TPSA) is 32.5 Å². The molecule has 2 N–H and O–H groups in total. The fourth-order valence-electron chi connectivity index (χ4n) is 2.84. The van der Waals surface area contributed by atoms with Gasteiger partial charge in [0.05, 0.1) is 6.04 Å². The monoisotopic (exact) mass is 299 g/mol. The first-order valence-corrected chi connectivity index (χ1v) is 7.54. The number of rotatable bonds is 4. The van der Waals surface area contributed by atoms with Crippen LogP contribution in [0.1, 0.15) is 25.5 Å². The molecule has 1 unspecified atom stereocenters. The van der Waals surface area contributed by atoms with Gasteiger partial charge in [-0.05, 0) is 26.0 Å². The van der Waals surface area contributed by atoms with E-state index in [1.165, 1.54) is 6.07 Å². The van der Waals surface area contributed by atoms with E-state index in [0.717, 1.165) is 26.2 Å². The Balaban J connectivity index is 2.14. The van der Waals surface area contributed by atoms with Crippen LogP contribution < -0.4 is 5.73 Å². The molecule has 112 valence electrons. The van der Waals surface area contributed by atoms with Gasteiger partial charge in [-0.25, -0.2) is 4.39 Å². The van der Waals surface area contributed by atoms with Gasteiger partial charge in [-0.15, -0.1) is 0 Å². The van der Waals surface area contributed by atoms with Crippen LogP contribution in [0.4, 0.5) is 4.39 Å². The standard InChI is InChI=1S/C15H23ClFN3/c1-11(2)19-6-8-20(9-7-19)14(10-18)15-12(16)4-3-5-13(15)17/h3-5,11,14H,6-10,18H2,1-2H3. The van der Waals surface area contributed by atoms with E-state index in [1.54, 1.807) is 12.1 Å². The average molecular weight is 300 g/mol. The molecule has 1 aliphatic rings. The van der Waals surface area contributed by atoms with E-state index in [9.17, 15) is 4.39 Å². The SMILES string of the molecule is CC(C)N1CCN(C(CN)c2c(F)cccc2Cl)CC1. The van der Waals surface area contributed by atoms with Crippen LogP contribution in [0.2, 0.25) is 5.02 Å². The third kappa shape index (κ3) is 3.31. The summed E-state index contributed by atoms with van der Waals surface area (Å²) in [6, 6.07) is 5.22. The number of benzene rings is 1. The fourth-order valence-corrected chi connectivity index (χ4v) is 3.13. The maximum atomic E-state index is 14.1. The molecule has 0 amide bonds. The van der Waals surface area contributed by atoms with Gasteiger partial charge in [0.25, 0.3) is 0 Å². The van der Waals surface area contributed by atoms with Crippen molar-refractivity contribution in [3.63, 3.8) is 0 Å². The van der Waals surface area contributed by atoms with E-state index in [1.807, 2.05) is 0 Å². The third-order valence-electron chi connectivity index (χ3n) is 4.08. The Morgan fingerprint density at radius 3 is 2.30 bits per heavy atom. The van der Waals surface area contributed by atoms with Crippen molar-refractivity contribution in [2.24, 2.45) is 5.73 Å². The van der Waals surface area contributed by atoms with Crippen LogP contribution in [0.25, 0.3) is 0 Å². The second-order valence-electron chi connectivity index (χ2n) is 5.55. The highest BCUT2D eigenvalue weighted by Crippen LogP contribution is 2.30. The van der Waals surface area contributed by atoms with Gasteiger partial charge in [0, 0.05) is 49.4 Å². The molecule has 0 aromatic heterocycles. The Morgan fingerprint density at radius 1 is 1.20 bits per heavy atom. The average Bonchev–Trinajstić information content (AvgIpc) is 2.43. The first-order valence-electron chi connectivity index (χ1n) is 7.16. The number of hydrogen-bond donors (Lipinski definition) is 1. The van der Waals surface area contributed by atoms with E-state index in [4.69, 9.17) is 17.3 Å². The molecule has 1 aliphatic heterocycles. The van der Waals surface area contributed by atoms with E-state index < -0.39 is 0 Å². The van der Waals surface area contributed by atoms with Crippen molar-refractivity contribution in [3.05, 3.63) is 34.6 Å². The molecule has 1 fully saturated rings. The predicted octanol–water partition coefficient (Wildman–Crippen LogP) is 2.50. The summed E-state index contributed by atoms with van der Waals surface area (Å²) in [6.07, 6.45) is 0. The molecule has 0 bridgehead atoms. The fraction of sp³-hybridized carbons (Fsp3) is 0.600. The van der Waals surface area contributed by atoms with Crippen molar-refractivity contribution in [3.8, 4) is 0 Å². The number of piperazine rings is 1. The van der Waals surface area contributed by atoms with Gasteiger partial charge in [-0.3, -0.25) is 9.80 Å². The molecule has 1 atom stereocenters. The molecule has 1 aromatic rings. The molecular formula is C15H23ClFN3. The molecule has 1 aromatic carbocycles. The molecule has 0 radical (unpaired) electrons. The van der Waals surface area contributed by atoms with Gasteiger partial charge in [0.1, 0.15) is 5.82 Å². The minimum absolute atomic E-state index is 0.141. The third-order valence-corrected chi connectivity index (χ3v) is 4.41. The van der Waals surface area contributed by atoms with Crippen molar-refractivity contribution in [1.29, 1.82) is 0 Å². The molecule has 3 nitrogen and oxygen atoms in total. The van der Waals surface area contributed by atoms with Gasteiger partial charge in [-0.1, -0.05) is 17.7 Å². The minimum Gasteiger partial charge on any atom is -0.329 e. The summed E-state index contributed by atoms with van der Waals surface area (Å²) in [5.74, 6) is -0.265. The van der Waals surface area contributed by atoms with E-state index in [-0.39, 0.29) is 11.9 Å². The normalized spacial score (nSPS) is 19.5. The van der Waals surface area contributed by atoms with Crippen molar-refractivity contribution in [2.45, 2.75) is 25.9 Å². The highest BCUT2D eigenvalue weighted by atomic mass is 35.5. The van der Waals surface area contributed by atoms with Gasteiger partial charge < -0.3 is 5.73 Å². The van der Waals surface area contributed by atoms with Crippen LogP contribution in [0.3, 0.4) is 0 Å². The van der Waals surface area contributed by atoms with Gasteiger partial charge in [0.15, 0.2) is 0 Å². The summed E-state index contributed by atoms with van der Waals surface area (Å²) >= 11 is 6.17. The van der Waals surface area contributed by atoms with Crippen LogP contribution in [0.5, 0.6) is 0 Å².